The van der Waals surface area contributed by atoms with Gasteiger partial charge >= 0.3 is 5.97 Å². The molecule has 8 heteroatoms. The predicted molar refractivity (Wildman–Crippen MR) is 127 cm³/mol. The van der Waals surface area contributed by atoms with Gasteiger partial charge in [-0.3, -0.25) is 10.1 Å². The van der Waals surface area contributed by atoms with Crippen molar-refractivity contribution in [2.75, 3.05) is 5.32 Å². The molecule has 0 amide bonds. The Morgan fingerprint density at radius 1 is 1.06 bits per heavy atom. The third-order valence-corrected chi connectivity index (χ3v) is 6.71. The molecule has 0 fully saturated rings. The second-order valence-electron chi connectivity index (χ2n) is 8.09. The molecule has 3 aromatic carbocycles. The molecule has 2 aliphatic rings. The number of carbonyl (C=O) groups is 1. The van der Waals surface area contributed by atoms with Crippen molar-refractivity contribution in [1.82, 2.24) is 0 Å². The largest absolute Gasteiger partial charge is 0.423 e. The molecule has 0 aromatic heterocycles. The summed E-state index contributed by atoms with van der Waals surface area (Å²) >= 11 is 12.0. The minimum absolute atomic E-state index is 0.0135. The molecule has 0 radical (unpaired) electrons. The lowest BCUT2D eigenvalue weighted by atomic mass is 9.77. The number of ether oxygens (including phenoxy) is 1. The fraction of sp³-hybridized carbons (Fsp3) is 0.160. The maximum Gasteiger partial charge on any atom is 0.345 e. The number of benzene rings is 3. The van der Waals surface area contributed by atoms with Gasteiger partial charge in [0.2, 0.25) is 0 Å². The van der Waals surface area contributed by atoms with E-state index in [0.29, 0.717) is 10.8 Å². The molecule has 6 nitrogen and oxygen atoms in total. The summed E-state index contributed by atoms with van der Waals surface area (Å²) in [5.41, 5.74) is 3.30. The highest BCUT2D eigenvalue weighted by Crippen LogP contribution is 2.50. The molecule has 0 bridgehead atoms. The monoisotopic (exact) mass is 480 g/mol. The van der Waals surface area contributed by atoms with Gasteiger partial charge in [-0.05, 0) is 59.9 Å². The Balaban J connectivity index is 1.41. The van der Waals surface area contributed by atoms with E-state index >= 15 is 0 Å². The van der Waals surface area contributed by atoms with Crippen LogP contribution < -0.4 is 10.1 Å². The van der Waals surface area contributed by atoms with Crippen LogP contribution in [-0.2, 0) is 0 Å². The maximum atomic E-state index is 12.6. The quantitative estimate of drug-likeness (QED) is 0.143. The number of non-ortho nitro benzene ring substituents is 1. The Labute approximate surface area is 199 Å². The summed E-state index contributed by atoms with van der Waals surface area (Å²) in [6.45, 7) is 0. The van der Waals surface area contributed by atoms with Gasteiger partial charge in [-0.25, -0.2) is 4.79 Å². The van der Waals surface area contributed by atoms with Crippen molar-refractivity contribution >= 4 is 40.5 Å². The fourth-order valence-electron chi connectivity index (χ4n) is 4.59. The molecule has 1 heterocycles. The Kier molecular flexibility index (Phi) is 5.56. The minimum Gasteiger partial charge on any atom is -0.423 e. The molecule has 3 aromatic rings. The Morgan fingerprint density at radius 2 is 1.85 bits per heavy atom. The van der Waals surface area contributed by atoms with Crippen LogP contribution >= 0.6 is 23.2 Å². The van der Waals surface area contributed by atoms with Crippen molar-refractivity contribution in [3.05, 3.63) is 110 Å². The zero-order valence-electron chi connectivity index (χ0n) is 17.2. The van der Waals surface area contributed by atoms with Gasteiger partial charge < -0.3 is 10.1 Å². The highest BCUT2D eigenvalue weighted by Gasteiger charge is 2.38. The normalized spacial score (nSPS) is 20.5. The molecule has 0 unspecified atom stereocenters. The van der Waals surface area contributed by atoms with Crippen LogP contribution in [0.3, 0.4) is 0 Å². The lowest BCUT2D eigenvalue weighted by Gasteiger charge is -2.37. The van der Waals surface area contributed by atoms with E-state index in [1.54, 1.807) is 12.1 Å². The van der Waals surface area contributed by atoms with E-state index in [0.717, 1.165) is 23.2 Å². The second-order valence-corrected chi connectivity index (χ2v) is 8.93. The van der Waals surface area contributed by atoms with Gasteiger partial charge in [-0.15, -0.1) is 0 Å². The number of nitrogens with one attached hydrogen (secondary N) is 1. The van der Waals surface area contributed by atoms with Gasteiger partial charge in [0.1, 0.15) is 5.75 Å². The van der Waals surface area contributed by atoms with Crippen LogP contribution in [0.15, 0.2) is 72.8 Å². The number of nitro groups is 1. The van der Waals surface area contributed by atoms with Crippen molar-refractivity contribution in [3.8, 4) is 5.75 Å². The summed E-state index contributed by atoms with van der Waals surface area (Å²) in [6.07, 6.45) is 5.20. The molecule has 5 rings (SSSR count). The average molecular weight is 481 g/mol. The van der Waals surface area contributed by atoms with Crippen LogP contribution in [0, 0.1) is 16.0 Å². The SMILES string of the molecule is O=C(Oc1ccc2c(c1)[C@@H]1C=CC[C@H]1[C@@H](c1ccc([N+](=O)[O-])cc1)N2)c1ccc(Cl)cc1Cl. The summed E-state index contributed by atoms with van der Waals surface area (Å²) in [6, 6.07) is 16.8. The van der Waals surface area contributed by atoms with E-state index in [1.165, 1.54) is 24.3 Å². The van der Waals surface area contributed by atoms with Crippen molar-refractivity contribution < 1.29 is 14.5 Å². The number of halogens is 2. The fourth-order valence-corrected chi connectivity index (χ4v) is 5.07. The summed E-state index contributed by atoms with van der Waals surface area (Å²) in [5.74, 6) is 0.261. The van der Waals surface area contributed by atoms with Crippen LogP contribution in [-0.4, -0.2) is 10.9 Å². The number of hydrogen-bond acceptors (Lipinski definition) is 5. The molecule has 1 aliphatic heterocycles. The molecule has 3 atom stereocenters. The Hall–Kier alpha value is -3.35. The first kappa shape index (κ1) is 21.5. The second kappa shape index (κ2) is 8.54. The molecular weight excluding hydrogens is 463 g/mol. The summed E-state index contributed by atoms with van der Waals surface area (Å²) < 4.78 is 5.60. The van der Waals surface area contributed by atoms with Crippen LogP contribution in [0.5, 0.6) is 5.75 Å². The number of nitrogens with zero attached hydrogens (tertiary/aromatic N) is 1. The van der Waals surface area contributed by atoms with Gasteiger partial charge in [0, 0.05) is 28.8 Å². The van der Waals surface area contributed by atoms with Crippen LogP contribution in [0.2, 0.25) is 10.0 Å². The third kappa shape index (κ3) is 4.08. The summed E-state index contributed by atoms with van der Waals surface area (Å²) in [7, 11) is 0. The minimum atomic E-state index is -0.553. The maximum absolute atomic E-state index is 12.6. The van der Waals surface area contributed by atoms with Gasteiger partial charge in [0.25, 0.3) is 5.69 Å². The third-order valence-electron chi connectivity index (χ3n) is 6.16. The van der Waals surface area contributed by atoms with Gasteiger partial charge in [-0.2, -0.15) is 0 Å². The van der Waals surface area contributed by atoms with Gasteiger partial charge in [0.05, 0.1) is 21.6 Å². The number of esters is 1. The lowest BCUT2D eigenvalue weighted by Crippen LogP contribution is -2.29. The molecule has 33 heavy (non-hydrogen) atoms. The number of nitro benzene ring substituents is 1. The van der Waals surface area contributed by atoms with Gasteiger partial charge in [0.15, 0.2) is 0 Å². The molecule has 0 spiro atoms. The molecule has 1 aliphatic carbocycles. The van der Waals surface area contributed by atoms with E-state index in [2.05, 4.69) is 17.5 Å². The van der Waals surface area contributed by atoms with Crippen molar-refractivity contribution in [2.45, 2.75) is 18.4 Å². The van der Waals surface area contributed by atoms with Crippen molar-refractivity contribution in [1.29, 1.82) is 0 Å². The average Bonchev–Trinajstić information content (AvgIpc) is 3.29. The Bertz CT molecular complexity index is 1290. The first-order valence-electron chi connectivity index (χ1n) is 10.4. The number of hydrogen-bond donors (Lipinski definition) is 1. The Morgan fingerprint density at radius 3 is 2.58 bits per heavy atom. The van der Waals surface area contributed by atoms with E-state index < -0.39 is 10.9 Å². The zero-order valence-corrected chi connectivity index (χ0v) is 18.7. The molecule has 0 saturated carbocycles. The molecule has 1 N–H and O–H groups in total. The van der Waals surface area contributed by atoms with Crippen molar-refractivity contribution in [2.24, 2.45) is 5.92 Å². The predicted octanol–water partition coefficient (Wildman–Crippen LogP) is 6.95. The van der Waals surface area contributed by atoms with Gasteiger partial charge in [-0.1, -0.05) is 47.5 Å². The smallest absolute Gasteiger partial charge is 0.345 e. The number of fused-ring (bicyclic) bond motifs is 3. The van der Waals surface area contributed by atoms with Crippen LogP contribution in [0.1, 0.15) is 39.9 Å². The number of allylic oxidation sites excluding steroid dienone is 2. The number of anilines is 1. The van der Waals surface area contributed by atoms with Crippen molar-refractivity contribution in [3.63, 3.8) is 0 Å². The zero-order chi connectivity index (χ0) is 23.1. The molecule has 0 saturated heterocycles. The number of rotatable bonds is 4. The highest BCUT2D eigenvalue weighted by atomic mass is 35.5. The lowest BCUT2D eigenvalue weighted by molar-refractivity contribution is -0.384. The molecular formula is C25H18Cl2N2O4. The number of carbonyl (C=O) groups excluding carboxylic acids is 1. The van der Waals surface area contributed by atoms with E-state index in [4.69, 9.17) is 27.9 Å². The highest BCUT2D eigenvalue weighted by molar-refractivity contribution is 6.36. The summed E-state index contributed by atoms with van der Waals surface area (Å²) in [4.78, 5) is 23.2. The molecule has 166 valence electrons. The van der Waals surface area contributed by atoms with Crippen LogP contribution in [0.25, 0.3) is 0 Å². The first-order valence-corrected chi connectivity index (χ1v) is 11.1. The first-order chi connectivity index (χ1) is 15.9. The topological polar surface area (TPSA) is 81.5 Å². The van der Waals surface area contributed by atoms with Crippen LogP contribution in [0.4, 0.5) is 11.4 Å². The standard InChI is InChI=1S/C25H18Cl2N2O4/c26-15-6-10-20(22(27)12-15)25(30)33-17-9-11-23-21(13-17)18-2-1-3-19(18)24(28-23)14-4-7-16(8-5-14)29(31)32/h1-2,4-13,18-19,24,28H,3H2/t18-,19-,24-/m1/s1. The van der Waals surface area contributed by atoms with E-state index in [9.17, 15) is 14.9 Å². The summed E-state index contributed by atoms with van der Waals surface area (Å²) in [5, 5.41) is 15.2. The van der Waals surface area contributed by atoms with E-state index in [-0.39, 0.29) is 34.2 Å². The van der Waals surface area contributed by atoms with E-state index in [1.807, 2.05) is 24.3 Å².